The molecule has 0 amide bonds. The number of unbranched alkanes of at least 4 members (excludes halogenated alkanes) is 4. The van der Waals surface area contributed by atoms with Gasteiger partial charge in [0.1, 0.15) is 0 Å². The van der Waals surface area contributed by atoms with Gasteiger partial charge in [0.05, 0.1) is 0 Å². The summed E-state index contributed by atoms with van der Waals surface area (Å²) in [6, 6.07) is 32.2. The van der Waals surface area contributed by atoms with Gasteiger partial charge in [-0.05, 0) is 38.0 Å². The second kappa shape index (κ2) is 21.1. The van der Waals surface area contributed by atoms with Crippen LogP contribution in [0, 0.1) is 5.92 Å². The van der Waals surface area contributed by atoms with Crippen molar-refractivity contribution in [2.45, 2.75) is 78.1 Å². The SMILES string of the molecule is C1CCOC1.CC(C)/C=C/CCCCC(=O)O.O=C(O)CCCCCP(Br)(c1ccccc1)(c1ccccc1)c1ccccc1. The van der Waals surface area contributed by atoms with Gasteiger partial charge in [0.2, 0.25) is 0 Å². The third kappa shape index (κ3) is 13.2. The molecular formula is C38H52BrO5P. The fourth-order valence-corrected chi connectivity index (χ4v) is 13.1. The van der Waals surface area contributed by atoms with Crippen molar-refractivity contribution in [2.75, 3.05) is 19.4 Å². The molecule has 0 unspecified atom stereocenters. The topological polar surface area (TPSA) is 83.8 Å². The zero-order chi connectivity index (χ0) is 32.8. The Kier molecular flexibility index (Phi) is 18.0. The number of hydrogen-bond acceptors (Lipinski definition) is 3. The first-order chi connectivity index (χ1) is 21.7. The van der Waals surface area contributed by atoms with Crippen molar-refractivity contribution in [3.63, 3.8) is 0 Å². The minimum absolute atomic E-state index is 0.236. The van der Waals surface area contributed by atoms with Gasteiger partial charge in [-0.15, -0.1) is 0 Å². The summed E-state index contributed by atoms with van der Waals surface area (Å²) in [5.74, 6) is -0.808. The molecule has 4 rings (SSSR count). The first kappa shape index (κ1) is 38.4. The van der Waals surface area contributed by atoms with E-state index in [1.165, 1.54) is 28.8 Å². The molecule has 1 heterocycles. The summed E-state index contributed by atoms with van der Waals surface area (Å²) in [5.41, 5.74) is 0. The van der Waals surface area contributed by atoms with Crippen LogP contribution < -0.4 is 15.9 Å². The van der Waals surface area contributed by atoms with Gasteiger partial charge in [-0.3, -0.25) is 4.79 Å². The Morgan fingerprint density at radius 3 is 1.49 bits per heavy atom. The van der Waals surface area contributed by atoms with Gasteiger partial charge in [-0.25, -0.2) is 0 Å². The molecule has 1 fully saturated rings. The van der Waals surface area contributed by atoms with Gasteiger partial charge in [0.15, 0.2) is 0 Å². The summed E-state index contributed by atoms with van der Waals surface area (Å²) in [5, 5.41) is 18.4. The maximum absolute atomic E-state index is 10.9. The average Bonchev–Trinajstić information content (AvgIpc) is 3.65. The fourth-order valence-electron chi connectivity index (χ4n) is 5.33. The van der Waals surface area contributed by atoms with Crippen molar-refractivity contribution in [3.8, 4) is 0 Å². The third-order valence-electron chi connectivity index (χ3n) is 7.71. The normalized spacial score (nSPS) is 13.6. The van der Waals surface area contributed by atoms with Crippen LogP contribution in [0.15, 0.2) is 103 Å². The molecule has 0 bridgehead atoms. The Morgan fingerprint density at radius 2 is 1.13 bits per heavy atom. The molecule has 3 aromatic carbocycles. The Hall–Kier alpha value is -2.79. The fraction of sp³-hybridized carbons (Fsp3) is 0.421. The summed E-state index contributed by atoms with van der Waals surface area (Å²) >= 11 is 4.41. The van der Waals surface area contributed by atoms with Crippen LogP contribution in [0.1, 0.15) is 78.1 Å². The van der Waals surface area contributed by atoms with Crippen molar-refractivity contribution in [1.29, 1.82) is 0 Å². The van der Waals surface area contributed by atoms with E-state index < -0.39 is 17.2 Å². The Labute approximate surface area is 278 Å². The predicted octanol–water partition coefficient (Wildman–Crippen LogP) is 9.11. The van der Waals surface area contributed by atoms with Crippen LogP contribution in [0.5, 0.6) is 0 Å². The Bertz CT molecular complexity index is 1150. The number of halogens is 1. The molecule has 0 spiro atoms. The number of hydrogen-bond donors (Lipinski definition) is 2. The molecule has 2 N–H and O–H groups in total. The van der Waals surface area contributed by atoms with Gasteiger partial charge in [-0.2, -0.15) is 0 Å². The molecule has 1 aliphatic heterocycles. The number of rotatable bonds is 15. The van der Waals surface area contributed by atoms with Crippen LogP contribution >= 0.6 is 20.8 Å². The van der Waals surface area contributed by atoms with Gasteiger partial charge in [0.25, 0.3) is 0 Å². The van der Waals surface area contributed by atoms with Crippen LogP contribution in [0.2, 0.25) is 0 Å². The van der Waals surface area contributed by atoms with Gasteiger partial charge in [0, 0.05) is 19.6 Å². The summed E-state index contributed by atoms with van der Waals surface area (Å²) in [4.78, 5) is 21.0. The predicted molar refractivity (Wildman–Crippen MR) is 195 cm³/mol. The number of carboxylic acid groups (broad SMARTS) is 2. The molecule has 0 atom stereocenters. The molecule has 45 heavy (non-hydrogen) atoms. The molecular weight excluding hydrogens is 647 g/mol. The summed E-state index contributed by atoms with van der Waals surface area (Å²) in [7, 11) is 0. The van der Waals surface area contributed by atoms with Crippen LogP contribution in [0.25, 0.3) is 0 Å². The molecule has 246 valence electrons. The van der Waals surface area contributed by atoms with E-state index >= 15 is 0 Å². The van der Waals surface area contributed by atoms with Gasteiger partial charge < -0.3 is 9.84 Å². The molecule has 0 aromatic heterocycles. The first-order valence-electron chi connectivity index (χ1n) is 16.3. The Balaban J connectivity index is 0.000000341. The van der Waals surface area contributed by atoms with Crippen LogP contribution in [-0.4, -0.2) is 41.5 Å². The second-order valence-corrected chi connectivity index (χ2v) is 20.8. The monoisotopic (exact) mass is 698 g/mol. The maximum atomic E-state index is 10.9. The Morgan fingerprint density at radius 1 is 0.711 bits per heavy atom. The molecule has 0 aliphatic carbocycles. The van der Waals surface area contributed by atoms with E-state index in [0.29, 0.717) is 18.8 Å². The van der Waals surface area contributed by atoms with E-state index in [1.54, 1.807) is 0 Å². The number of aliphatic carboxylic acids is 2. The van der Waals surface area contributed by atoms with Crippen molar-refractivity contribution in [3.05, 3.63) is 103 Å². The van der Waals surface area contributed by atoms with Crippen molar-refractivity contribution >= 4 is 48.6 Å². The zero-order valence-electron chi connectivity index (χ0n) is 27.0. The van der Waals surface area contributed by atoms with E-state index in [1.807, 2.05) is 0 Å². The number of carboxylic acids is 2. The van der Waals surface area contributed by atoms with Crippen molar-refractivity contribution < 1.29 is 24.5 Å². The number of carbonyl (C=O) groups is 2. The first-order valence-corrected chi connectivity index (χ1v) is 20.7. The molecule has 0 saturated carbocycles. The number of allylic oxidation sites excluding steroid dienone is 2. The summed E-state index contributed by atoms with van der Waals surface area (Å²) in [6.07, 6.45) is 13.7. The van der Waals surface area contributed by atoms with E-state index in [4.69, 9.17) is 14.9 Å². The molecule has 1 aliphatic rings. The van der Waals surface area contributed by atoms with Gasteiger partial charge >= 0.3 is 181 Å². The third-order valence-corrected chi connectivity index (χ3v) is 17.7. The van der Waals surface area contributed by atoms with E-state index in [9.17, 15) is 9.59 Å². The summed E-state index contributed by atoms with van der Waals surface area (Å²) in [6.45, 7) is 6.27. The number of ether oxygens (including phenoxy) is 1. The van der Waals surface area contributed by atoms with Crippen molar-refractivity contribution in [2.24, 2.45) is 5.92 Å². The number of benzene rings is 3. The molecule has 3 aromatic rings. The van der Waals surface area contributed by atoms with E-state index in [2.05, 4.69) is 132 Å². The average molecular weight is 700 g/mol. The van der Waals surface area contributed by atoms with Crippen molar-refractivity contribution in [1.82, 2.24) is 0 Å². The van der Waals surface area contributed by atoms with E-state index in [-0.39, 0.29) is 6.42 Å². The van der Waals surface area contributed by atoms with Crippen LogP contribution in [0.3, 0.4) is 0 Å². The second-order valence-electron chi connectivity index (χ2n) is 11.7. The molecule has 0 radical (unpaired) electrons. The molecule has 1 saturated heterocycles. The summed E-state index contributed by atoms with van der Waals surface area (Å²) < 4.78 is 4.94. The van der Waals surface area contributed by atoms with Gasteiger partial charge in [-0.1, -0.05) is 26.0 Å². The minimum atomic E-state index is -2.85. The quantitative estimate of drug-likeness (QED) is 0.0940. The van der Waals surface area contributed by atoms with E-state index in [0.717, 1.165) is 51.5 Å². The standard InChI is InChI=1S/C24H26BrO2P.C10H18O2.C4H8O/c25-28(21-13-5-1-6-14-21,22-15-7-2-8-16-22,23-17-9-3-10-18-23)20-12-4-11-19-24(26)27;1-9(2)7-5-3-4-6-8-10(11)12;1-2-4-5-3-1/h1-3,5-10,13-18H,4,11-12,19-20H2,(H,26,27);5,7,9H,3-4,6,8H2,1-2H3,(H,11,12);1-4H2/b;7-5+;. The van der Waals surface area contributed by atoms with Crippen LogP contribution in [-0.2, 0) is 14.3 Å². The molecule has 5 nitrogen and oxygen atoms in total. The van der Waals surface area contributed by atoms with Crippen LogP contribution in [0.4, 0.5) is 0 Å². The zero-order valence-corrected chi connectivity index (χ0v) is 29.5. The molecule has 7 heteroatoms.